The number of thioether (sulfide) groups is 1. The summed E-state index contributed by atoms with van der Waals surface area (Å²) in [5, 5.41) is 3.85. The first-order chi connectivity index (χ1) is 10.2. The predicted octanol–water partition coefficient (Wildman–Crippen LogP) is 4.07. The number of nitrogens with one attached hydrogen (secondary N) is 1. The van der Waals surface area contributed by atoms with Crippen LogP contribution in [0.5, 0.6) is 0 Å². The standard InChI is InChI=1S/C18H30N2S/c1-4-20(5-2)12-8-9-15(3)19-18-14-21-13-16-10-6-7-11-17(16)18/h6-7,10-11,15,18-19H,4-5,8-9,12-14H2,1-3H3. The van der Waals surface area contributed by atoms with Crippen LogP contribution < -0.4 is 5.32 Å². The van der Waals surface area contributed by atoms with E-state index in [1.165, 1.54) is 55.1 Å². The Labute approximate surface area is 134 Å². The Hall–Kier alpha value is -0.510. The van der Waals surface area contributed by atoms with E-state index in [9.17, 15) is 0 Å². The molecule has 0 fully saturated rings. The molecule has 0 radical (unpaired) electrons. The lowest BCUT2D eigenvalue weighted by Gasteiger charge is -2.29. The molecule has 1 aliphatic heterocycles. The summed E-state index contributed by atoms with van der Waals surface area (Å²) in [5.74, 6) is 2.38. The molecule has 0 saturated heterocycles. The second kappa shape index (κ2) is 8.82. The van der Waals surface area contributed by atoms with Crippen LogP contribution in [0.25, 0.3) is 0 Å². The van der Waals surface area contributed by atoms with Crippen LogP contribution in [0, 0.1) is 0 Å². The molecule has 118 valence electrons. The summed E-state index contributed by atoms with van der Waals surface area (Å²) in [4.78, 5) is 2.51. The van der Waals surface area contributed by atoms with Crippen molar-refractivity contribution in [2.45, 2.75) is 51.4 Å². The van der Waals surface area contributed by atoms with E-state index in [1.807, 2.05) is 0 Å². The first-order valence-electron chi connectivity index (χ1n) is 8.38. The average Bonchev–Trinajstić information content (AvgIpc) is 2.52. The number of nitrogens with zero attached hydrogens (tertiary/aromatic N) is 1. The van der Waals surface area contributed by atoms with E-state index in [1.54, 1.807) is 0 Å². The fourth-order valence-electron chi connectivity index (χ4n) is 3.11. The molecule has 3 heteroatoms. The number of benzene rings is 1. The average molecular weight is 307 g/mol. The van der Waals surface area contributed by atoms with Gasteiger partial charge in [-0.1, -0.05) is 38.1 Å². The molecule has 1 aromatic rings. The van der Waals surface area contributed by atoms with Crippen molar-refractivity contribution in [1.82, 2.24) is 10.2 Å². The van der Waals surface area contributed by atoms with Crippen molar-refractivity contribution in [3.05, 3.63) is 35.4 Å². The van der Waals surface area contributed by atoms with Crippen molar-refractivity contribution in [3.8, 4) is 0 Å². The van der Waals surface area contributed by atoms with Gasteiger partial charge in [0.25, 0.3) is 0 Å². The minimum absolute atomic E-state index is 0.531. The molecule has 0 aliphatic carbocycles. The van der Waals surface area contributed by atoms with Gasteiger partial charge < -0.3 is 10.2 Å². The quantitative estimate of drug-likeness (QED) is 0.779. The Morgan fingerprint density at radius 1 is 1.29 bits per heavy atom. The van der Waals surface area contributed by atoms with E-state index >= 15 is 0 Å². The van der Waals surface area contributed by atoms with Gasteiger partial charge in [0.15, 0.2) is 0 Å². The molecular weight excluding hydrogens is 276 g/mol. The highest BCUT2D eigenvalue weighted by molar-refractivity contribution is 7.98. The molecule has 1 aromatic carbocycles. The maximum Gasteiger partial charge on any atom is 0.0417 e. The third-order valence-corrected chi connectivity index (χ3v) is 5.55. The third kappa shape index (κ3) is 5.01. The largest absolute Gasteiger partial charge is 0.307 e. The van der Waals surface area contributed by atoms with Crippen LogP contribution in [0.4, 0.5) is 0 Å². The van der Waals surface area contributed by atoms with Crippen molar-refractivity contribution in [3.63, 3.8) is 0 Å². The Balaban J connectivity index is 1.79. The SMILES string of the molecule is CCN(CC)CCCC(C)NC1CSCc2ccccc21. The minimum Gasteiger partial charge on any atom is -0.307 e. The normalized spacial score (nSPS) is 19.5. The van der Waals surface area contributed by atoms with Gasteiger partial charge in [0, 0.05) is 23.6 Å². The molecule has 21 heavy (non-hydrogen) atoms. The van der Waals surface area contributed by atoms with Crippen LogP contribution in [-0.2, 0) is 5.75 Å². The minimum atomic E-state index is 0.531. The number of hydrogen-bond donors (Lipinski definition) is 1. The summed E-state index contributed by atoms with van der Waals surface area (Å²) in [6.45, 7) is 10.4. The zero-order valence-corrected chi connectivity index (χ0v) is 14.6. The van der Waals surface area contributed by atoms with E-state index in [0.29, 0.717) is 12.1 Å². The monoisotopic (exact) mass is 306 g/mol. The summed E-state index contributed by atoms with van der Waals surface area (Å²) in [5.41, 5.74) is 3.04. The summed E-state index contributed by atoms with van der Waals surface area (Å²) in [7, 11) is 0. The predicted molar refractivity (Wildman–Crippen MR) is 95.0 cm³/mol. The Bertz CT molecular complexity index is 417. The molecule has 2 unspecified atom stereocenters. The van der Waals surface area contributed by atoms with Gasteiger partial charge in [-0.25, -0.2) is 0 Å². The second-order valence-corrected chi connectivity index (χ2v) is 7.03. The van der Waals surface area contributed by atoms with E-state index in [0.717, 1.165) is 0 Å². The fraction of sp³-hybridized carbons (Fsp3) is 0.667. The molecule has 0 bridgehead atoms. The Kier molecular flexibility index (Phi) is 7.08. The maximum atomic E-state index is 3.85. The molecule has 2 rings (SSSR count). The van der Waals surface area contributed by atoms with Gasteiger partial charge in [0.1, 0.15) is 0 Å². The summed E-state index contributed by atoms with van der Waals surface area (Å²) < 4.78 is 0. The molecule has 1 aliphatic rings. The molecule has 2 atom stereocenters. The van der Waals surface area contributed by atoms with Gasteiger partial charge in [-0.15, -0.1) is 0 Å². The first kappa shape index (κ1) is 16.9. The van der Waals surface area contributed by atoms with E-state index in [4.69, 9.17) is 0 Å². The lowest BCUT2D eigenvalue weighted by Crippen LogP contribution is -2.34. The van der Waals surface area contributed by atoms with E-state index in [-0.39, 0.29) is 0 Å². The molecular formula is C18H30N2S. The van der Waals surface area contributed by atoms with Gasteiger partial charge in [0.05, 0.1) is 0 Å². The van der Waals surface area contributed by atoms with Crippen LogP contribution >= 0.6 is 11.8 Å². The van der Waals surface area contributed by atoms with Crippen molar-refractivity contribution in [1.29, 1.82) is 0 Å². The topological polar surface area (TPSA) is 15.3 Å². The zero-order valence-electron chi connectivity index (χ0n) is 13.8. The number of hydrogen-bond acceptors (Lipinski definition) is 3. The van der Waals surface area contributed by atoms with Gasteiger partial charge in [-0.2, -0.15) is 11.8 Å². The fourth-order valence-corrected chi connectivity index (χ4v) is 4.22. The van der Waals surface area contributed by atoms with E-state index < -0.39 is 0 Å². The highest BCUT2D eigenvalue weighted by Crippen LogP contribution is 2.31. The van der Waals surface area contributed by atoms with Crippen molar-refractivity contribution in [2.24, 2.45) is 0 Å². The van der Waals surface area contributed by atoms with Gasteiger partial charge in [-0.05, 0) is 50.5 Å². The molecule has 2 nitrogen and oxygen atoms in total. The molecule has 0 amide bonds. The Morgan fingerprint density at radius 3 is 2.81 bits per heavy atom. The molecule has 1 heterocycles. The Morgan fingerprint density at radius 2 is 2.05 bits per heavy atom. The van der Waals surface area contributed by atoms with Crippen LogP contribution in [0.3, 0.4) is 0 Å². The molecule has 1 N–H and O–H groups in total. The first-order valence-corrected chi connectivity index (χ1v) is 9.54. The summed E-state index contributed by atoms with van der Waals surface area (Å²) in [6.07, 6.45) is 2.55. The van der Waals surface area contributed by atoms with Crippen LogP contribution in [0.15, 0.2) is 24.3 Å². The van der Waals surface area contributed by atoms with Crippen molar-refractivity contribution in [2.75, 3.05) is 25.4 Å². The lowest BCUT2D eigenvalue weighted by molar-refractivity contribution is 0.288. The van der Waals surface area contributed by atoms with Crippen molar-refractivity contribution >= 4 is 11.8 Å². The second-order valence-electron chi connectivity index (χ2n) is 6.00. The number of fused-ring (bicyclic) bond motifs is 1. The van der Waals surface area contributed by atoms with Crippen LogP contribution in [0.2, 0.25) is 0 Å². The molecule has 0 spiro atoms. The van der Waals surface area contributed by atoms with Gasteiger partial charge in [-0.3, -0.25) is 0 Å². The summed E-state index contributed by atoms with van der Waals surface area (Å²) in [6, 6.07) is 10.0. The van der Waals surface area contributed by atoms with Crippen LogP contribution in [0.1, 0.15) is 50.8 Å². The third-order valence-electron chi connectivity index (χ3n) is 4.46. The van der Waals surface area contributed by atoms with Crippen LogP contribution in [-0.4, -0.2) is 36.3 Å². The van der Waals surface area contributed by atoms with Gasteiger partial charge in [0.2, 0.25) is 0 Å². The molecule has 0 aromatic heterocycles. The molecule has 0 saturated carbocycles. The van der Waals surface area contributed by atoms with E-state index in [2.05, 4.69) is 67.0 Å². The van der Waals surface area contributed by atoms with Gasteiger partial charge >= 0.3 is 0 Å². The number of rotatable bonds is 8. The maximum absolute atomic E-state index is 3.85. The summed E-state index contributed by atoms with van der Waals surface area (Å²) >= 11 is 2.05. The highest BCUT2D eigenvalue weighted by atomic mass is 32.2. The smallest absolute Gasteiger partial charge is 0.0417 e. The highest BCUT2D eigenvalue weighted by Gasteiger charge is 2.21. The zero-order chi connectivity index (χ0) is 15.1. The lowest BCUT2D eigenvalue weighted by atomic mass is 10.0. The van der Waals surface area contributed by atoms with Crippen molar-refractivity contribution < 1.29 is 0 Å².